The van der Waals surface area contributed by atoms with E-state index in [1.165, 1.54) is 11.1 Å². The van der Waals surface area contributed by atoms with E-state index in [1.54, 1.807) is 6.20 Å². The average molecular weight is 374 g/mol. The van der Waals surface area contributed by atoms with E-state index in [-0.39, 0.29) is 5.91 Å². The molecular formula is C23H26N4O. The van der Waals surface area contributed by atoms with Gasteiger partial charge in [0.25, 0.3) is 5.91 Å². The predicted molar refractivity (Wildman–Crippen MR) is 112 cm³/mol. The standard InChI is InChI=1S/C23H26N4O/c1-16-8-9-20(14-17(16)2)27-22(18-10-12-24-13-11-18)21(15-25-27)23(28)26-19-6-4-3-5-7-19/h3-9,14-15,18,24H,10-13H2,1-2H3,(H,26,28). The number of aromatic nitrogens is 2. The molecule has 0 unspecified atom stereocenters. The molecule has 0 spiro atoms. The molecule has 2 heterocycles. The van der Waals surface area contributed by atoms with Crippen molar-refractivity contribution in [3.8, 4) is 5.69 Å². The third kappa shape index (κ3) is 3.71. The molecule has 1 aliphatic heterocycles. The molecule has 2 N–H and O–H groups in total. The second-order valence-corrected chi connectivity index (χ2v) is 7.47. The summed E-state index contributed by atoms with van der Waals surface area (Å²) in [5.74, 6) is 0.205. The molecule has 0 radical (unpaired) electrons. The number of piperidine rings is 1. The van der Waals surface area contributed by atoms with Gasteiger partial charge >= 0.3 is 0 Å². The molecule has 4 rings (SSSR count). The summed E-state index contributed by atoms with van der Waals surface area (Å²) in [6.45, 7) is 6.13. The zero-order valence-corrected chi connectivity index (χ0v) is 16.4. The van der Waals surface area contributed by atoms with Gasteiger partial charge in [-0.2, -0.15) is 5.10 Å². The maximum absolute atomic E-state index is 13.1. The Morgan fingerprint density at radius 2 is 1.82 bits per heavy atom. The van der Waals surface area contributed by atoms with Crippen molar-refractivity contribution in [2.75, 3.05) is 18.4 Å². The Morgan fingerprint density at radius 3 is 2.54 bits per heavy atom. The average Bonchev–Trinajstić information content (AvgIpc) is 3.17. The predicted octanol–water partition coefficient (Wildman–Crippen LogP) is 4.21. The Kier molecular flexibility index (Phi) is 5.26. The Labute approximate surface area is 165 Å². The molecule has 0 bridgehead atoms. The number of nitrogens with zero attached hydrogens (tertiary/aromatic N) is 2. The van der Waals surface area contributed by atoms with Gasteiger partial charge in [0.2, 0.25) is 0 Å². The van der Waals surface area contributed by atoms with Crippen LogP contribution in [0.3, 0.4) is 0 Å². The first-order valence-electron chi connectivity index (χ1n) is 9.86. The summed E-state index contributed by atoms with van der Waals surface area (Å²) >= 11 is 0. The minimum atomic E-state index is -0.102. The van der Waals surface area contributed by atoms with E-state index in [9.17, 15) is 4.79 Å². The van der Waals surface area contributed by atoms with Crippen molar-refractivity contribution in [2.45, 2.75) is 32.6 Å². The number of carbonyl (C=O) groups excluding carboxylic acids is 1. The van der Waals surface area contributed by atoms with E-state index in [0.29, 0.717) is 11.5 Å². The summed E-state index contributed by atoms with van der Waals surface area (Å²) in [6, 6.07) is 15.9. The lowest BCUT2D eigenvalue weighted by molar-refractivity contribution is 0.102. The van der Waals surface area contributed by atoms with Crippen LogP contribution in [0.25, 0.3) is 5.69 Å². The van der Waals surface area contributed by atoms with Crippen LogP contribution in [0.5, 0.6) is 0 Å². The van der Waals surface area contributed by atoms with Crippen LogP contribution in [0.4, 0.5) is 5.69 Å². The molecule has 28 heavy (non-hydrogen) atoms. The van der Waals surface area contributed by atoms with Gasteiger partial charge in [-0.05, 0) is 75.2 Å². The van der Waals surface area contributed by atoms with Crippen LogP contribution < -0.4 is 10.6 Å². The number of benzene rings is 2. The van der Waals surface area contributed by atoms with E-state index in [0.717, 1.165) is 43.0 Å². The molecule has 0 atom stereocenters. The molecule has 1 aliphatic rings. The number of aryl methyl sites for hydroxylation is 2. The van der Waals surface area contributed by atoms with Gasteiger partial charge in [0.15, 0.2) is 0 Å². The molecule has 5 nitrogen and oxygen atoms in total. The van der Waals surface area contributed by atoms with Crippen LogP contribution in [-0.2, 0) is 0 Å². The number of hydrogen-bond donors (Lipinski definition) is 2. The molecule has 1 saturated heterocycles. The number of hydrogen-bond acceptors (Lipinski definition) is 3. The molecule has 1 fully saturated rings. The van der Waals surface area contributed by atoms with Crippen molar-refractivity contribution in [3.63, 3.8) is 0 Å². The number of anilines is 1. The highest BCUT2D eigenvalue weighted by Gasteiger charge is 2.27. The molecule has 1 amide bonds. The maximum Gasteiger partial charge on any atom is 0.259 e. The molecule has 0 aliphatic carbocycles. The summed E-state index contributed by atoms with van der Waals surface area (Å²) in [5, 5.41) is 11.1. The molecular weight excluding hydrogens is 348 g/mol. The number of para-hydroxylation sites is 1. The Hall–Kier alpha value is -2.92. The fraction of sp³-hybridized carbons (Fsp3) is 0.304. The number of amides is 1. The molecule has 1 aromatic heterocycles. The highest BCUT2D eigenvalue weighted by molar-refractivity contribution is 6.05. The number of carbonyl (C=O) groups is 1. The molecule has 0 saturated carbocycles. The SMILES string of the molecule is Cc1ccc(-n2ncc(C(=O)Nc3ccccc3)c2C2CCNCC2)cc1C. The van der Waals surface area contributed by atoms with Crippen molar-refractivity contribution in [1.29, 1.82) is 0 Å². The summed E-state index contributed by atoms with van der Waals surface area (Å²) in [4.78, 5) is 13.1. The lowest BCUT2D eigenvalue weighted by Gasteiger charge is -2.25. The third-order valence-electron chi connectivity index (χ3n) is 5.54. The summed E-state index contributed by atoms with van der Waals surface area (Å²) in [6.07, 6.45) is 3.72. The Bertz CT molecular complexity index is 972. The largest absolute Gasteiger partial charge is 0.322 e. The van der Waals surface area contributed by atoms with Crippen LogP contribution >= 0.6 is 0 Å². The highest BCUT2D eigenvalue weighted by Crippen LogP contribution is 2.31. The third-order valence-corrected chi connectivity index (χ3v) is 5.54. The van der Waals surface area contributed by atoms with Crippen LogP contribution in [0.2, 0.25) is 0 Å². The quantitative estimate of drug-likeness (QED) is 0.719. The summed E-state index contributed by atoms with van der Waals surface area (Å²) < 4.78 is 1.96. The van der Waals surface area contributed by atoms with Crippen LogP contribution in [0.15, 0.2) is 54.7 Å². The van der Waals surface area contributed by atoms with Gasteiger partial charge in [0, 0.05) is 11.6 Å². The van der Waals surface area contributed by atoms with Crippen molar-refractivity contribution in [2.24, 2.45) is 0 Å². The second kappa shape index (κ2) is 7.98. The summed E-state index contributed by atoms with van der Waals surface area (Å²) in [7, 11) is 0. The number of rotatable bonds is 4. The van der Waals surface area contributed by atoms with E-state index in [1.807, 2.05) is 35.0 Å². The fourth-order valence-corrected chi connectivity index (χ4v) is 3.80. The lowest BCUT2D eigenvalue weighted by Crippen LogP contribution is -2.29. The smallest absolute Gasteiger partial charge is 0.259 e. The number of nitrogens with one attached hydrogen (secondary N) is 2. The molecule has 5 heteroatoms. The monoisotopic (exact) mass is 374 g/mol. The van der Waals surface area contributed by atoms with Gasteiger partial charge in [0.1, 0.15) is 0 Å². The van der Waals surface area contributed by atoms with Crippen LogP contribution in [0.1, 0.15) is 45.9 Å². The van der Waals surface area contributed by atoms with Crippen LogP contribution in [0, 0.1) is 13.8 Å². The topological polar surface area (TPSA) is 59.0 Å². The zero-order chi connectivity index (χ0) is 19.5. The van der Waals surface area contributed by atoms with E-state index in [2.05, 4.69) is 47.8 Å². The Balaban J connectivity index is 1.74. The fourth-order valence-electron chi connectivity index (χ4n) is 3.80. The Morgan fingerprint density at radius 1 is 1.07 bits per heavy atom. The normalized spacial score (nSPS) is 14.8. The van der Waals surface area contributed by atoms with E-state index < -0.39 is 0 Å². The van der Waals surface area contributed by atoms with Gasteiger partial charge < -0.3 is 10.6 Å². The minimum Gasteiger partial charge on any atom is -0.322 e. The van der Waals surface area contributed by atoms with Gasteiger partial charge in [-0.3, -0.25) is 4.79 Å². The summed E-state index contributed by atoms with van der Waals surface area (Å²) in [5.41, 5.74) is 5.95. The first-order chi connectivity index (χ1) is 13.6. The first-order valence-corrected chi connectivity index (χ1v) is 9.86. The zero-order valence-electron chi connectivity index (χ0n) is 16.4. The minimum absolute atomic E-state index is 0.102. The highest BCUT2D eigenvalue weighted by atomic mass is 16.1. The van der Waals surface area contributed by atoms with Crippen molar-refractivity contribution in [1.82, 2.24) is 15.1 Å². The molecule has 2 aromatic carbocycles. The van der Waals surface area contributed by atoms with Gasteiger partial charge in [-0.25, -0.2) is 4.68 Å². The first kappa shape index (κ1) is 18.4. The van der Waals surface area contributed by atoms with E-state index >= 15 is 0 Å². The molecule has 144 valence electrons. The van der Waals surface area contributed by atoms with Crippen LogP contribution in [-0.4, -0.2) is 28.8 Å². The maximum atomic E-state index is 13.1. The second-order valence-electron chi connectivity index (χ2n) is 7.47. The lowest BCUT2D eigenvalue weighted by atomic mass is 9.91. The van der Waals surface area contributed by atoms with Crippen molar-refractivity contribution >= 4 is 11.6 Å². The van der Waals surface area contributed by atoms with E-state index in [4.69, 9.17) is 0 Å². The van der Waals surface area contributed by atoms with Gasteiger partial charge in [-0.15, -0.1) is 0 Å². The van der Waals surface area contributed by atoms with Crippen molar-refractivity contribution in [3.05, 3.63) is 77.1 Å². The molecule has 3 aromatic rings. The van der Waals surface area contributed by atoms with Crippen molar-refractivity contribution < 1.29 is 4.79 Å². The van der Waals surface area contributed by atoms with Gasteiger partial charge in [-0.1, -0.05) is 24.3 Å². The van der Waals surface area contributed by atoms with Gasteiger partial charge in [0.05, 0.1) is 23.1 Å².